The van der Waals surface area contributed by atoms with Crippen LogP contribution in [-0.4, -0.2) is 29.0 Å². The Morgan fingerprint density at radius 2 is 1.29 bits per heavy atom. The van der Waals surface area contributed by atoms with E-state index in [-0.39, 0.29) is 12.6 Å². The Bertz CT molecular complexity index is 342. The van der Waals surface area contributed by atoms with Crippen molar-refractivity contribution in [3.8, 4) is 0 Å². The molecule has 0 atom stereocenters. The van der Waals surface area contributed by atoms with Gasteiger partial charge in [-0.15, -0.1) is 0 Å². The van der Waals surface area contributed by atoms with Gasteiger partial charge in [-0.05, 0) is 25.7 Å². The molecule has 0 fully saturated rings. The van der Waals surface area contributed by atoms with E-state index in [0.717, 1.165) is 12.8 Å². The maximum Gasteiger partial charge on any atom is 0.469 e. The van der Waals surface area contributed by atoms with Crippen molar-refractivity contribution in [1.82, 2.24) is 0 Å². The van der Waals surface area contributed by atoms with E-state index in [4.69, 9.17) is 14.5 Å². The average Bonchev–Trinajstić information content (AvgIpc) is 2.51. The Morgan fingerprint density at radius 3 is 1.88 bits per heavy atom. The van der Waals surface area contributed by atoms with E-state index in [9.17, 15) is 9.36 Å². The summed E-state index contributed by atoms with van der Waals surface area (Å²) in [5.41, 5.74) is 0. The van der Waals surface area contributed by atoms with Crippen molar-refractivity contribution in [2.75, 3.05) is 13.2 Å². The molecule has 0 saturated carbocycles. The Morgan fingerprint density at radius 1 is 0.792 bits per heavy atom. The first kappa shape index (κ1) is 23.6. The molecule has 0 saturated heterocycles. The highest BCUT2D eigenvalue weighted by molar-refractivity contribution is 7.46. The molecule has 0 aromatic heterocycles. The molecule has 7 heteroatoms. The number of carbonyl (C=O) groups excluding carboxylic acids is 1. The highest BCUT2D eigenvalue weighted by atomic mass is 31.2. The normalized spacial score (nSPS) is 11.6. The van der Waals surface area contributed by atoms with Gasteiger partial charge < -0.3 is 14.5 Å². The number of phosphoric ester groups is 1. The third kappa shape index (κ3) is 19.6. The first-order chi connectivity index (χ1) is 11.5. The number of hydrogen-bond donors (Lipinski definition) is 2. The summed E-state index contributed by atoms with van der Waals surface area (Å²) in [6, 6.07) is 0. The van der Waals surface area contributed by atoms with Crippen LogP contribution in [0.3, 0.4) is 0 Å². The van der Waals surface area contributed by atoms with Gasteiger partial charge in [0.1, 0.15) is 0 Å². The van der Waals surface area contributed by atoms with Crippen LogP contribution in [0.2, 0.25) is 0 Å². The van der Waals surface area contributed by atoms with E-state index in [2.05, 4.69) is 11.4 Å². The molecule has 6 nitrogen and oxygen atoms in total. The number of phosphoric acid groups is 1. The van der Waals surface area contributed by atoms with Gasteiger partial charge in [0.15, 0.2) is 0 Å². The van der Waals surface area contributed by atoms with Gasteiger partial charge in [-0.1, -0.05) is 58.3 Å². The molecular weight excluding hydrogens is 331 g/mol. The fourth-order valence-electron chi connectivity index (χ4n) is 2.40. The summed E-state index contributed by atoms with van der Waals surface area (Å²) in [5.74, 6) is -0.149. The van der Waals surface area contributed by atoms with Crippen molar-refractivity contribution in [3.05, 3.63) is 0 Å². The molecule has 0 aliphatic rings. The van der Waals surface area contributed by atoms with Crippen LogP contribution in [0.5, 0.6) is 0 Å². The first-order valence-corrected chi connectivity index (χ1v) is 10.8. The maximum atomic E-state index is 11.5. The predicted molar refractivity (Wildman–Crippen MR) is 94.7 cm³/mol. The van der Waals surface area contributed by atoms with Crippen molar-refractivity contribution in [3.63, 3.8) is 0 Å². The molecule has 0 amide bonds. The summed E-state index contributed by atoms with van der Waals surface area (Å²) >= 11 is 0. The third-order valence-corrected chi connectivity index (χ3v) is 4.31. The Balaban J connectivity index is 3.23. The zero-order chi connectivity index (χ0) is 18.1. The van der Waals surface area contributed by atoms with Crippen LogP contribution in [0.4, 0.5) is 0 Å². The monoisotopic (exact) mass is 366 g/mol. The summed E-state index contributed by atoms with van der Waals surface area (Å²) in [5, 5.41) is 0. The lowest BCUT2D eigenvalue weighted by molar-refractivity contribution is -0.143. The summed E-state index contributed by atoms with van der Waals surface area (Å²) in [4.78, 5) is 28.5. The Labute approximate surface area is 146 Å². The standard InChI is InChI=1S/C17H35O6P/c1-2-3-4-5-6-7-8-9-11-14-17(18)22-15-12-10-13-16-23-24(19,20)21/h2-16H2,1H3,(H2,19,20,21). The minimum absolute atomic E-state index is 0.0245. The summed E-state index contributed by atoms with van der Waals surface area (Å²) < 4.78 is 19.9. The molecule has 0 radical (unpaired) electrons. The number of carbonyl (C=O) groups is 1. The number of ether oxygens (including phenoxy) is 1. The molecule has 144 valence electrons. The molecule has 0 spiro atoms. The van der Waals surface area contributed by atoms with Crippen LogP contribution >= 0.6 is 7.82 Å². The molecule has 0 unspecified atom stereocenters. The smallest absolute Gasteiger partial charge is 0.466 e. The molecule has 24 heavy (non-hydrogen) atoms. The maximum absolute atomic E-state index is 11.5. The summed E-state index contributed by atoms with van der Waals surface area (Å²) in [6.07, 6.45) is 13.4. The molecule has 2 N–H and O–H groups in total. The lowest BCUT2D eigenvalue weighted by Gasteiger charge is -2.06. The number of unbranched alkanes of at least 4 members (excludes halogenated alkanes) is 10. The molecule has 0 rings (SSSR count). The van der Waals surface area contributed by atoms with Gasteiger partial charge in [-0.2, -0.15) is 0 Å². The number of rotatable bonds is 17. The SMILES string of the molecule is CCCCCCCCCCCC(=O)OCCCCCOP(=O)(O)O. The number of hydrogen-bond acceptors (Lipinski definition) is 4. The zero-order valence-electron chi connectivity index (χ0n) is 15.1. The van der Waals surface area contributed by atoms with Crippen molar-refractivity contribution in [1.29, 1.82) is 0 Å². The van der Waals surface area contributed by atoms with Gasteiger partial charge >= 0.3 is 13.8 Å². The van der Waals surface area contributed by atoms with Crippen LogP contribution in [-0.2, 0) is 18.6 Å². The van der Waals surface area contributed by atoms with Gasteiger partial charge in [0.25, 0.3) is 0 Å². The van der Waals surface area contributed by atoms with E-state index in [0.29, 0.717) is 32.3 Å². The zero-order valence-corrected chi connectivity index (χ0v) is 16.0. The van der Waals surface area contributed by atoms with Crippen molar-refractivity contribution in [2.45, 2.75) is 90.4 Å². The second-order valence-electron chi connectivity index (χ2n) is 6.18. The lowest BCUT2D eigenvalue weighted by Crippen LogP contribution is -2.06. The van der Waals surface area contributed by atoms with Gasteiger partial charge in [0.2, 0.25) is 0 Å². The van der Waals surface area contributed by atoms with E-state index in [1.165, 1.54) is 44.9 Å². The van der Waals surface area contributed by atoms with Crippen LogP contribution in [0, 0.1) is 0 Å². The van der Waals surface area contributed by atoms with E-state index < -0.39 is 7.82 Å². The van der Waals surface area contributed by atoms with E-state index in [1.807, 2.05) is 0 Å². The van der Waals surface area contributed by atoms with Gasteiger partial charge in [-0.25, -0.2) is 4.57 Å². The summed E-state index contributed by atoms with van der Waals surface area (Å²) in [6.45, 7) is 2.61. The highest BCUT2D eigenvalue weighted by Gasteiger charge is 2.12. The third-order valence-electron chi connectivity index (χ3n) is 3.80. The second kappa shape index (κ2) is 16.1. The minimum atomic E-state index is -4.35. The van der Waals surface area contributed by atoms with Crippen molar-refractivity contribution in [2.24, 2.45) is 0 Å². The van der Waals surface area contributed by atoms with Crippen molar-refractivity contribution < 1.29 is 28.4 Å². The molecule has 0 heterocycles. The van der Waals surface area contributed by atoms with Crippen LogP contribution in [0.25, 0.3) is 0 Å². The van der Waals surface area contributed by atoms with Crippen LogP contribution < -0.4 is 0 Å². The molecule has 0 bridgehead atoms. The first-order valence-electron chi connectivity index (χ1n) is 9.31. The minimum Gasteiger partial charge on any atom is -0.466 e. The number of esters is 1. The fourth-order valence-corrected chi connectivity index (χ4v) is 2.77. The molecule has 0 aliphatic heterocycles. The average molecular weight is 366 g/mol. The Kier molecular flexibility index (Phi) is 15.8. The molecular formula is C17H35O6P. The van der Waals surface area contributed by atoms with Crippen LogP contribution in [0.15, 0.2) is 0 Å². The van der Waals surface area contributed by atoms with E-state index in [1.54, 1.807) is 0 Å². The molecule has 0 aliphatic carbocycles. The Hall–Kier alpha value is -0.420. The van der Waals surface area contributed by atoms with Crippen molar-refractivity contribution >= 4 is 13.8 Å². The lowest BCUT2D eigenvalue weighted by atomic mass is 10.1. The summed E-state index contributed by atoms with van der Waals surface area (Å²) in [7, 11) is -4.35. The molecule has 0 aromatic carbocycles. The van der Waals surface area contributed by atoms with Gasteiger partial charge in [-0.3, -0.25) is 9.32 Å². The largest absolute Gasteiger partial charge is 0.469 e. The van der Waals surface area contributed by atoms with Gasteiger partial charge in [0.05, 0.1) is 13.2 Å². The van der Waals surface area contributed by atoms with E-state index >= 15 is 0 Å². The highest BCUT2D eigenvalue weighted by Crippen LogP contribution is 2.35. The predicted octanol–water partition coefficient (Wildman–Crippen LogP) is 4.73. The fraction of sp³-hybridized carbons (Fsp3) is 0.941. The molecule has 0 aromatic rings. The quantitative estimate of drug-likeness (QED) is 0.220. The second-order valence-corrected chi connectivity index (χ2v) is 7.42. The topological polar surface area (TPSA) is 93.1 Å². The van der Waals surface area contributed by atoms with Crippen LogP contribution in [0.1, 0.15) is 90.4 Å². The van der Waals surface area contributed by atoms with Gasteiger partial charge in [0, 0.05) is 6.42 Å².